The number of amides is 1. The summed E-state index contributed by atoms with van der Waals surface area (Å²) in [5.74, 6) is 0.413. The number of rotatable bonds is 3. The van der Waals surface area contributed by atoms with Crippen molar-refractivity contribution < 1.29 is 9.90 Å². The van der Waals surface area contributed by atoms with E-state index >= 15 is 0 Å². The molecular weight excluding hydrogens is 286 g/mol. The van der Waals surface area contributed by atoms with E-state index in [0.29, 0.717) is 30.0 Å². The van der Waals surface area contributed by atoms with E-state index in [1.54, 1.807) is 17.0 Å². The Bertz CT molecular complexity index is 671. The highest BCUT2D eigenvalue weighted by Crippen LogP contribution is 2.36. The van der Waals surface area contributed by atoms with Gasteiger partial charge in [-0.25, -0.2) is 0 Å². The fourth-order valence-electron chi connectivity index (χ4n) is 2.76. The topological polar surface area (TPSA) is 40.5 Å². The zero-order valence-electron chi connectivity index (χ0n) is 11.5. The number of carbonyl (C=O) groups excluding carboxylic acids is 1. The smallest absolute Gasteiger partial charge is 0.258 e. The van der Waals surface area contributed by atoms with Crippen LogP contribution in [0.4, 0.5) is 5.69 Å². The van der Waals surface area contributed by atoms with Gasteiger partial charge in [0.2, 0.25) is 0 Å². The number of halogens is 1. The van der Waals surface area contributed by atoms with E-state index in [9.17, 15) is 9.90 Å². The molecule has 1 N–H and O–H groups in total. The van der Waals surface area contributed by atoms with Gasteiger partial charge in [-0.05, 0) is 24.1 Å². The summed E-state index contributed by atoms with van der Waals surface area (Å²) in [6.45, 7) is 0.542. The standard InChI is InChI=1S/C17H16ClNO2/c18-10-5-11-19-15-9-4-3-8-14(15)16(20)12-6-1-2-7-13(12)17(19)21/h1-4,6-9,16,20H,5,10-11H2/t16-/m0/s1. The number of para-hydroxylation sites is 1. The molecule has 21 heavy (non-hydrogen) atoms. The first-order chi connectivity index (χ1) is 10.2. The maximum absolute atomic E-state index is 12.8. The van der Waals surface area contributed by atoms with E-state index in [1.165, 1.54) is 0 Å². The number of hydrogen-bond donors (Lipinski definition) is 1. The number of aliphatic hydroxyl groups is 1. The van der Waals surface area contributed by atoms with Crippen LogP contribution in [0.25, 0.3) is 0 Å². The van der Waals surface area contributed by atoms with Crippen molar-refractivity contribution in [1.82, 2.24) is 0 Å². The van der Waals surface area contributed by atoms with Crippen LogP contribution in [0.15, 0.2) is 48.5 Å². The first kappa shape index (κ1) is 14.1. The van der Waals surface area contributed by atoms with E-state index in [1.807, 2.05) is 36.4 Å². The van der Waals surface area contributed by atoms with Gasteiger partial charge >= 0.3 is 0 Å². The summed E-state index contributed by atoms with van der Waals surface area (Å²) in [7, 11) is 0. The molecule has 2 aromatic carbocycles. The van der Waals surface area contributed by atoms with E-state index in [4.69, 9.17) is 11.6 Å². The van der Waals surface area contributed by atoms with Gasteiger partial charge in [0.25, 0.3) is 5.91 Å². The molecule has 1 amide bonds. The fraction of sp³-hybridized carbons (Fsp3) is 0.235. The van der Waals surface area contributed by atoms with Crippen molar-refractivity contribution in [3.63, 3.8) is 0 Å². The normalized spacial score (nSPS) is 17.1. The summed E-state index contributed by atoms with van der Waals surface area (Å²) in [6.07, 6.45) is -0.0813. The molecule has 4 heteroatoms. The number of fused-ring (bicyclic) bond motifs is 2. The number of aliphatic hydroxyl groups excluding tert-OH is 1. The Morgan fingerprint density at radius 2 is 1.71 bits per heavy atom. The lowest BCUT2D eigenvalue weighted by molar-refractivity contribution is 0.0985. The van der Waals surface area contributed by atoms with Gasteiger partial charge in [-0.1, -0.05) is 36.4 Å². The molecule has 2 aromatic rings. The summed E-state index contributed by atoms with van der Waals surface area (Å²) in [6, 6.07) is 14.7. The van der Waals surface area contributed by atoms with Crippen molar-refractivity contribution in [1.29, 1.82) is 0 Å². The zero-order chi connectivity index (χ0) is 14.8. The second-order valence-corrected chi connectivity index (χ2v) is 5.43. The van der Waals surface area contributed by atoms with E-state index in [0.717, 1.165) is 11.3 Å². The summed E-state index contributed by atoms with van der Waals surface area (Å²) < 4.78 is 0. The third kappa shape index (κ3) is 2.43. The fourth-order valence-corrected chi connectivity index (χ4v) is 2.88. The van der Waals surface area contributed by atoms with Crippen LogP contribution < -0.4 is 4.90 Å². The maximum atomic E-state index is 12.8. The van der Waals surface area contributed by atoms with Gasteiger partial charge < -0.3 is 10.0 Å². The molecule has 0 unspecified atom stereocenters. The Hall–Kier alpha value is -1.84. The Labute approximate surface area is 128 Å². The molecule has 1 aliphatic rings. The van der Waals surface area contributed by atoms with Crippen molar-refractivity contribution in [3.8, 4) is 0 Å². The van der Waals surface area contributed by atoms with Crippen LogP contribution in [-0.4, -0.2) is 23.4 Å². The first-order valence-electron chi connectivity index (χ1n) is 6.98. The second kappa shape index (κ2) is 5.88. The average molecular weight is 302 g/mol. The molecule has 0 bridgehead atoms. The summed E-state index contributed by atoms with van der Waals surface area (Å²) in [5.41, 5.74) is 2.72. The zero-order valence-corrected chi connectivity index (χ0v) is 12.3. The molecule has 0 radical (unpaired) electrons. The van der Waals surface area contributed by atoms with E-state index in [2.05, 4.69) is 0 Å². The number of carbonyl (C=O) groups is 1. The molecule has 3 nitrogen and oxygen atoms in total. The number of anilines is 1. The largest absolute Gasteiger partial charge is 0.384 e. The third-order valence-electron chi connectivity index (χ3n) is 3.77. The predicted molar refractivity (Wildman–Crippen MR) is 84.0 cm³/mol. The molecule has 0 aromatic heterocycles. The number of nitrogens with zero attached hydrogens (tertiary/aromatic N) is 1. The molecule has 3 rings (SSSR count). The highest BCUT2D eigenvalue weighted by Gasteiger charge is 2.30. The molecule has 0 saturated carbocycles. The lowest BCUT2D eigenvalue weighted by Crippen LogP contribution is -2.32. The summed E-state index contributed by atoms with van der Waals surface area (Å²) in [4.78, 5) is 14.5. The predicted octanol–water partition coefficient (Wildman–Crippen LogP) is 3.36. The van der Waals surface area contributed by atoms with Crippen molar-refractivity contribution in [3.05, 3.63) is 65.2 Å². The highest BCUT2D eigenvalue weighted by molar-refractivity contribution is 6.18. The van der Waals surface area contributed by atoms with Crippen molar-refractivity contribution >= 4 is 23.2 Å². The molecular formula is C17H16ClNO2. The van der Waals surface area contributed by atoms with Gasteiger partial charge in [-0.2, -0.15) is 0 Å². The van der Waals surface area contributed by atoms with Gasteiger partial charge in [0.1, 0.15) is 6.10 Å². The molecule has 0 saturated heterocycles. The van der Waals surface area contributed by atoms with E-state index < -0.39 is 6.10 Å². The molecule has 1 heterocycles. The molecule has 1 aliphatic heterocycles. The number of hydrogen-bond acceptors (Lipinski definition) is 2. The van der Waals surface area contributed by atoms with Crippen LogP contribution in [0.2, 0.25) is 0 Å². The Morgan fingerprint density at radius 1 is 1.05 bits per heavy atom. The molecule has 0 spiro atoms. The average Bonchev–Trinajstić information content (AvgIpc) is 2.62. The monoisotopic (exact) mass is 301 g/mol. The lowest BCUT2D eigenvalue weighted by Gasteiger charge is -2.23. The van der Waals surface area contributed by atoms with Crippen LogP contribution in [-0.2, 0) is 0 Å². The van der Waals surface area contributed by atoms with Crippen LogP contribution >= 0.6 is 11.6 Å². The maximum Gasteiger partial charge on any atom is 0.258 e. The Morgan fingerprint density at radius 3 is 2.48 bits per heavy atom. The molecule has 1 atom stereocenters. The van der Waals surface area contributed by atoms with Crippen LogP contribution in [0, 0.1) is 0 Å². The van der Waals surface area contributed by atoms with Gasteiger partial charge in [-0.3, -0.25) is 4.79 Å². The molecule has 0 fully saturated rings. The van der Waals surface area contributed by atoms with E-state index in [-0.39, 0.29) is 5.91 Å². The minimum atomic E-state index is -0.789. The van der Waals surface area contributed by atoms with Gasteiger partial charge in [0.15, 0.2) is 0 Å². The Balaban J connectivity index is 2.18. The third-order valence-corrected chi connectivity index (χ3v) is 4.04. The molecule has 108 valence electrons. The lowest BCUT2D eigenvalue weighted by atomic mass is 9.97. The Kier molecular flexibility index (Phi) is 3.95. The van der Waals surface area contributed by atoms with Crippen molar-refractivity contribution in [2.75, 3.05) is 17.3 Å². The minimum absolute atomic E-state index is 0.0836. The van der Waals surface area contributed by atoms with Crippen molar-refractivity contribution in [2.24, 2.45) is 0 Å². The minimum Gasteiger partial charge on any atom is -0.384 e. The number of benzene rings is 2. The number of alkyl halides is 1. The van der Waals surface area contributed by atoms with Crippen LogP contribution in [0.5, 0.6) is 0 Å². The van der Waals surface area contributed by atoms with Gasteiger partial charge in [0, 0.05) is 23.6 Å². The molecule has 0 aliphatic carbocycles. The summed E-state index contributed by atoms with van der Waals surface area (Å²) in [5, 5.41) is 10.6. The van der Waals surface area contributed by atoms with Gasteiger partial charge in [0.05, 0.1) is 5.69 Å². The van der Waals surface area contributed by atoms with Gasteiger partial charge in [-0.15, -0.1) is 11.6 Å². The van der Waals surface area contributed by atoms with Crippen molar-refractivity contribution in [2.45, 2.75) is 12.5 Å². The SMILES string of the molecule is O=C1c2ccccc2[C@H](O)c2ccccc2N1CCCCl. The van der Waals surface area contributed by atoms with Crippen LogP contribution in [0.3, 0.4) is 0 Å². The first-order valence-corrected chi connectivity index (χ1v) is 7.51. The van der Waals surface area contributed by atoms with Crippen LogP contribution in [0.1, 0.15) is 34.0 Å². The quantitative estimate of drug-likeness (QED) is 0.883. The second-order valence-electron chi connectivity index (χ2n) is 5.05. The highest BCUT2D eigenvalue weighted by atomic mass is 35.5. The summed E-state index contributed by atoms with van der Waals surface area (Å²) >= 11 is 5.78.